The van der Waals surface area contributed by atoms with E-state index in [-0.39, 0.29) is 11.4 Å². The summed E-state index contributed by atoms with van der Waals surface area (Å²) in [6.07, 6.45) is 0. The number of anilines is 1. The number of ether oxygens (including phenoxy) is 1. The summed E-state index contributed by atoms with van der Waals surface area (Å²) in [6.45, 7) is 5.11. The van der Waals surface area contributed by atoms with E-state index < -0.39 is 0 Å². The number of thioether (sulfide) groups is 1. The van der Waals surface area contributed by atoms with Gasteiger partial charge in [-0.15, -0.1) is 11.8 Å². The molecule has 4 nitrogen and oxygen atoms in total. The normalized spacial score (nSPS) is 17.0. The van der Waals surface area contributed by atoms with Gasteiger partial charge in [-0.05, 0) is 29.2 Å². The molecule has 2 aromatic carbocycles. The highest BCUT2D eigenvalue weighted by Crippen LogP contribution is 2.39. The molecule has 1 saturated heterocycles. The Balaban J connectivity index is 1.75. The van der Waals surface area contributed by atoms with Gasteiger partial charge < -0.3 is 15.0 Å². The van der Waals surface area contributed by atoms with E-state index in [1.807, 2.05) is 29.2 Å². The number of hydrogen-bond acceptors (Lipinski definition) is 3. The third kappa shape index (κ3) is 3.93. The fourth-order valence-corrected chi connectivity index (χ4v) is 4.19. The molecule has 1 aliphatic rings. The van der Waals surface area contributed by atoms with Crippen molar-refractivity contribution in [3.63, 3.8) is 0 Å². The summed E-state index contributed by atoms with van der Waals surface area (Å²) in [5, 5.41) is 3.03. The number of hydrogen-bond donors (Lipinski definition) is 1. The predicted molar refractivity (Wildman–Crippen MR) is 104 cm³/mol. The number of nitrogens with one attached hydrogen (secondary N) is 1. The van der Waals surface area contributed by atoms with E-state index in [2.05, 4.69) is 43.4 Å². The molecule has 132 valence electrons. The number of amides is 2. The van der Waals surface area contributed by atoms with Crippen LogP contribution in [-0.2, 0) is 0 Å². The topological polar surface area (TPSA) is 41.6 Å². The monoisotopic (exact) mass is 356 g/mol. The van der Waals surface area contributed by atoms with Gasteiger partial charge in [-0.3, -0.25) is 0 Å². The summed E-state index contributed by atoms with van der Waals surface area (Å²) in [5.41, 5.74) is 3.18. The quantitative estimate of drug-likeness (QED) is 0.829. The lowest BCUT2D eigenvalue weighted by molar-refractivity contribution is 0.214. The zero-order valence-electron chi connectivity index (χ0n) is 14.9. The lowest BCUT2D eigenvalue weighted by Gasteiger charge is -2.25. The van der Waals surface area contributed by atoms with Crippen LogP contribution in [0.3, 0.4) is 0 Å². The van der Waals surface area contributed by atoms with Crippen LogP contribution in [0.25, 0.3) is 0 Å². The fraction of sp³-hybridized carbons (Fsp3) is 0.350. The molecule has 0 unspecified atom stereocenters. The van der Waals surface area contributed by atoms with Crippen molar-refractivity contribution in [2.75, 3.05) is 24.7 Å². The molecule has 0 spiro atoms. The van der Waals surface area contributed by atoms with Crippen molar-refractivity contribution in [3.05, 3.63) is 59.7 Å². The highest BCUT2D eigenvalue weighted by molar-refractivity contribution is 7.99. The molecule has 0 aromatic heterocycles. The fourth-order valence-electron chi connectivity index (χ4n) is 2.93. The smallest absolute Gasteiger partial charge is 0.323 e. The number of methoxy groups -OCH3 is 1. The molecule has 3 rings (SSSR count). The number of urea groups is 1. The van der Waals surface area contributed by atoms with Crippen LogP contribution in [-0.4, -0.2) is 30.3 Å². The molecule has 25 heavy (non-hydrogen) atoms. The van der Waals surface area contributed by atoms with E-state index in [0.29, 0.717) is 17.4 Å². The lowest BCUT2D eigenvalue weighted by atomic mass is 10.0. The molecule has 0 saturated carbocycles. The molecule has 5 heteroatoms. The van der Waals surface area contributed by atoms with Crippen LogP contribution < -0.4 is 10.1 Å². The second-order valence-corrected chi connectivity index (χ2v) is 7.56. The number of nitrogens with zero attached hydrogens (tertiary/aromatic N) is 1. The molecular formula is C20H24N2O2S. The predicted octanol–water partition coefficient (Wildman–Crippen LogP) is 5.10. The second-order valence-electron chi connectivity index (χ2n) is 6.37. The lowest BCUT2D eigenvalue weighted by Crippen LogP contribution is -2.34. The Morgan fingerprint density at radius 3 is 2.60 bits per heavy atom. The van der Waals surface area contributed by atoms with Crippen LogP contribution in [0, 0.1) is 0 Å². The van der Waals surface area contributed by atoms with E-state index in [1.165, 1.54) is 11.1 Å². The number of rotatable bonds is 4. The van der Waals surface area contributed by atoms with Gasteiger partial charge in [0.25, 0.3) is 0 Å². The van der Waals surface area contributed by atoms with Crippen molar-refractivity contribution in [1.82, 2.24) is 4.90 Å². The first-order valence-electron chi connectivity index (χ1n) is 8.52. The average molecular weight is 356 g/mol. The van der Waals surface area contributed by atoms with Gasteiger partial charge in [0.1, 0.15) is 11.1 Å². The highest BCUT2D eigenvalue weighted by atomic mass is 32.2. The standard InChI is InChI=1S/C20H24N2O2S/c1-14(2)15-8-10-16(11-9-15)19-22(12-13-25-19)20(23)21-17-6-4-5-7-18(17)24-3/h4-11,14,19H,12-13H2,1-3H3,(H,21,23)/t19-/m1/s1. The summed E-state index contributed by atoms with van der Waals surface area (Å²) < 4.78 is 5.32. The molecule has 2 aromatic rings. The summed E-state index contributed by atoms with van der Waals surface area (Å²) in [4.78, 5) is 14.7. The summed E-state index contributed by atoms with van der Waals surface area (Å²) in [7, 11) is 1.61. The first kappa shape index (κ1) is 17.7. The van der Waals surface area contributed by atoms with Crippen molar-refractivity contribution in [2.45, 2.75) is 25.1 Å². The van der Waals surface area contributed by atoms with Crippen LogP contribution in [0.2, 0.25) is 0 Å². The molecule has 1 heterocycles. The molecule has 0 aliphatic carbocycles. The Morgan fingerprint density at radius 2 is 1.92 bits per heavy atom. The van der Waals surface area contributed by atoms with E-state index in [0.717, 1.165) is 12.3 Å². The van der Waals surface area contributed by atoms with Crippen LogP contribution in [0.5, 0.6) is 5.75 Å². The molecule has 1 N–H and O–H groups in total. The average Bonchev–Trinajstić information content (AvgIpc) is 3.12. The number of carbonyl (C=O) groups excluding carboxylic acids is 1. The van der Waals surface area contributed by atoms with Gasteiger partial charge in [-0.25, -0.2) is 4.79 Å². The first-order valence-corrected chi connectivity index (χ1v) is 9.57. The highest BCUT2D eigenvalue weighted by Gasteiger charge is 2.31. The zero-order valence-corrected chi connectivity index (χ0v) is 15.7. The van der Waals surface area contributed by atoms with E-state index in [9.17, 15) is 4.79 Å². The molecular weight excluding hydrogens is 332 g/mol. The molecule has 1 fully saturated rings. The van der Waals surface area contributed by atoms with Gasteiger partial charge in [-0.2, -0.15) is 0 Å². The van der Waals surface area contributed by atoms with Crippen LogP contribution in [0.4, 0.5) is 10.5 Å². The van der Waals surface area contributed by atoms with Gasteiger partial charge in [0.2, 0.25) is 0 Å². The number of benzene rings is 2. The van der Waals surface area contributed by atoms with Gasteiger partial charge in [-0.1, -0.05) is 50.2 Å². The maximum absolute atomic E-state index is 12.8. The maximum atomic E-state index is 12.8. The minimum Gasteiger partial charge on any atom is -0.495 e. The molecule has 1 aliphatic heterocycles. The largest absolute Gasteiger partial charge is 0.495 e. The zero-order chi connectivity index (χ0) is 17.8. The SMILES string of the molecule is COc1ccccc1NC(=O)N1CCS[C@@H]1c1ccc(C(C)C)cc1. The second kappa shape index (κ2) is 7.83. The van der Waals surface area contributed by atoms with Gasteiger partial charge in [0, 0.05) is 12.3 Å². The van der Waals surface area contributed by atoms with Gasteiger partial charge in [0.05, 0.1) is 12.8 Å². The Hall–Kier alpha value is -2.14. The van der Waals surface area contributed by atoms with Crippen molar-refractivity contribution < 1.29 is 9.53 Å². The van der Waals surface area contributed by atoms with Gasteiger partial charge in [0.15, 0.2) is 0 Å². The third-order valence-corrected chi connectivity index (χ3v) is 5.65. The summed E-state index contributed by atoms with van der Waals surface area (Å²) >= 11 is 1.80. The molecule has 0 bridgehead atoms. The number of para-hydroxylation sites is 2. The number of carbonyl (C=O) groups is 1. The van der Waals surface area contributed by atoms with E-state index >= 15 is 0 Å². The van der Waals surface area contributed by atoms with Crippen LogP contribution in [0.1, 0.15) is 36.3 Å². The minimum atomic E-state index is -0.0903. The Labute approximate surface area is 153 Å². The Morgan fingerprint density at radius 1 is 1.20 bits per heavy atom. The molecule has 2 amide bonds. The Kier molecular flexibility index (Phi) is 5.53. The van der Waals surface area contributed by atoms with Crippen molar-refractivity contribution in [1.29, 1.82) is 0 Å². The van der Waals surface area contributed by atoms with E-state index in [1.54, 1.807) is 18.9 Å². The summed E-state index contributed by atoms with van der Waals surface area (Å²) in [5.74, 6) is 2.12. The van der Waals surface area contributed by atoms with Crippen molar-refractivity contribution in [2.24, 2.45) is 0 Å². The maximum Gasteiger partial charge on any atom is 0.323 e. The summed E-state index contributed by atoms with van der Waals surface area (Å²) in [6, 6.07) is 16.0. The van der Waals surface area contributed by atoms with Crippen LogP contribution >= 0.6 is 11.8 Å². The van der Waals surface area contributed by atoms with Gasteiger partial charge >= 0.3 is 6.03 Å². The van der Waals surface area contributed by atoms with Crippen molar-refractivity contribution in [3.8, 4) is 5.75 Å². The Bertz CT molecular complexity index is 731. The molecule has 0 radical (unpaired) electrons. The van der Waals surface area contributed by atoms with E-state index in [4.69, 9.17) is 4.74 Å². The molecule has 1 atom stereocenters. The van der Waals surface area contributed by atoms with Crippen molar-refractivity contribution >= 4 is 23.5 Å². The third-order valence-electron chi connectivity index (χ3n) is 4.39. The minimum absolute atomic E-state index is 0.0518. The first-order chi connectivity index (χ1) is 12.1. The van der Waals surface area contributed by atoms with Crippen LogP contribution in [0.15, 0.2) is 48.5 Å².